The number of aryl methyl sites for hydroxylation is 1. The zero-order valence-corrected chi connectivity index (χ0v) is 10.4. The molecule has 2 rings (SSSR count). The van der Waals surface area contributed by atoms with Crippen LogP contribution in [0.2, 0.25) is 5.02 Å². The lowest BCUT2D eigenvalue weighted by Gasteiger charge is -2.01. The number of thioether (sulfide) groups is 1. The molecule has 0 unspecified atom stereocenters. The van der Waals surface area contributed by atoms with E-state index in [1.165, 1.54) is 5.56 Å². The van der Waals surface area contributed by atoms with Gasteiger partial charge in [-0.25, -0.2) is 4.68 Å². The third kappa shape index (κ3) is 2.74. The first-order valence-electron chi connectivity index (χ1n) is 4.93. The summed E-state index contributed by atoms with van der Waals surface area (Å²) in [6.07, 6.45) is 0. The van der Waals surface area contributed by atoms with Crippen molar-refractivity contribution in [3.05, 3.63) is 34.9 Å². The van der Waals surface area contributed by atoms with E-state index >= 15 is 0 Å². The Kier molecular flexibility index (Phi) is 3.79. The van der Waals surface area contributed by atoms with Crippen molar-refractivity contribution in [2.45, 2.75) is 24.4 Å². The van der Waals surface area contributed by atoms with Crippen LogP contribution in [-0.4, -0.2) is 20.2 Å². The molecule has 2 aromatic rings. The molecule has 6 heteroatoms. The van der Waals surface area contributed by atoms with E-state index in [9.17, 15) is 0 Å². The van der Waals surface area contributed by atoms with Crippen molar-refractivity contribution in [3.63, 3.8) is 0 Å². The Morgan fingerprint density at radius 2 is 2.06 bits per heavy atom. The van der Waals surface area contributed by atoms with Crippen LogP contribution in [0.3, 0.4) is 0 Å². The summed E-state index contributed by atoms with van der Waals surface area (Å²) >= 11 is 7.44. The Morgan fingerprint density at radius 1 is 1.31 bits per heavy atom. The first kappa shape index (κ1) is 11.4. The van der Waals surface area contributed by atoms with Gasteiger partial charge in [0.05, 0.1) is 0 Å². The van der Waals surface area contributed by atoms with Gasteiger partial charge in [-0.05, 0) is 35.0 Å². The van der Waals surface area contributed by atoms with Crippen LogP contribution in [0.1, 0.15) is 12.5 Å². The fraction of sp³-hybridized carbons (Fsp3) is 0.300. The SMILES string of the molecule is CCn1nnnc1SCc1ccc(Cl)cc1. The summed E-state index contributed by atoms with van der Waals surface area (Å²) in [5.74, 6) is 0.845. The molecule has 0 atom stereocenters. The highest BCUT2D eigenvalue weighted by Gasteiger charge is 2.04. The molecule has 1 aromatic carbocycles. The molecule has 0 aliphatic heterocycles. The van der Waals surface area contributed by atoms with Gasteiger partial charge in [-0.15, -0.1) is 5.10 Å². The van der Waals surface area contributed by atoms with E-state index in [-0.39, 0.29) is 0 Å². The number of tetrazole rings is 1. The summed E-state index contributed by atoms with van der Waals surface area (Å²) < 4.78 is 1.78. The minimum atomic E-state index is 0.757. The van der Waals surface area contributed by atoms with Crippen LogP contribution < -0.4 is 0 Å². The molecule has 0 saturated heterocycles. The lowest BCUT2D eigenvalue weighted by atomic mass is 10.2. The lowest BCUT2D eigenvalue weighted by Crippen LogP contribution is -1.98. The van der Waals surface area contributed by atoms with E-state index < -0.39 is 0 Å². The van der Waals surface area contributed by atoms with E-state index in [1.54, 1.807) is 16.4 Å². The number of nitrogens with zero attached hydrogens (tertiary/aromatic N) is 4. The van der Waals surface area contributed by atoms with E-state index in [1.807, 2.05) is 31.2 Å². The number of hydrogen-bond donors (Lipinski definition) is 0. The second kappa shape index (κ2) is 5.32. The van der Waals surface area contributed by atoms with Crippen LogP contribution in [0.25, 0.3) is 0 Å². The second-order valence-corrected chi connectivity index (χ2v) is 4.57. The molecule has 0 aliphatic carbocycles. The van der Waals surface area contributed by atoms with Crippen molar-refractivity contribution >= 4 is 23.4 Å². The predicted molar refractivity (Wildman–Crippen MR) is 64.5 cm³/mol. The number of rotatable bonds is 4. The topological polar surface area (TPSA) is 43.6 Å². The quantitative estimate of drug-likeness (QED) is 0.787. The van der Waals surface area contributed by atoms with Crippen molar-refractivity contribution in [2.24, 2.45) is 0 Å². The molecule has 1 heterocycles. The third-order valence-electron chi connectivity index (χ3n) is 2.08. The largest absolute Gasteiger partial charge is 0.221 e. The lowest BCUT2D eigenvalue weighted by molar-refractivity contribution is 0.581. The zero-order valence-electron chi connectivity index (χ0n) is 8.80. The molecular formula is C10H11ClN4S. The van der Waals surface area contributed by atoms with Gasteiger partial charge >= 0.3 is 0 Å². The van der Waals surface area contributed by atoms with Crippen molar-refractivity contribution in [2.75, 3.05) is 0 Å². The second-order valence-electron chi connectivity index (χ2n) is 3.19. The average Bonchev–Trinajstić information content (AvgIpc) is 2.76. The summed E-state index contributed by atoms with van der Waals surface area (Å²) in [4.78, 5) is 0. The molecule has 0 fully saturated rings. The first-order valence-corrected chi connectivity index (χ1v) is 6.29. The van der Waals surface area contributed by atoms with Crippen molar-refractivity contribution in [1.82, 2.24) is 20.2 Å². The molecule has 0 saturated carbocycles. The van der Waals surface area contributed by atoms with Crippen LogP contribution in [0, 0.1) is 0 Å². The minimum Gasteiger partial charge on any atom is -0.221 e. The van der Waals surface area contributed by atoms with Gasteiger partial charge in [-0.2, -0.15) is 0 Å². The van der Waals surface area contributed by atoms with E-state index in [0.29, 0.717) is 0 Å². The third-order valence-corrected chi connectivity index (χ3v) is 3.36. The highest BCUT2D eigenvalue weighted by molar-refractivity contribution is 7.98. The van der Waals surface area contributed by atoms with Crippen LogP contribution in [0.15, 0.2) is 29.4 Å². The van der Waals surface area contributed by atoms with Crippen molar-refractivity contribution in [3.8, 4) is 0 Å². The standard InChI is InChI=1S/C10H11ClN4S/c1-2-15-10(12-13-14-15)16-7-8-3-5-9(11)6-4-8/h3-6H,2,7H2,1H3. The molecule has 1 aromatic heterocycles. The van der Waals surface area contributed by atoms with Gasteiger partial charge in [0.1, 0.15) is 0 Å². The molecule has 0 N–H and O–H groups in total. The van der Waals surface area contributed by atoms with Crippen LogP contribution in [0.4, 0.5) is 0 Å². The molecule has 0 spiro atoms. The predicted octanol–water partition coefficient (Wildman–Crippen LogP) is 2.64. The van der Waals surface area contributed by atoms with Crippen molar-refractivity contribution in [1.29, 1.82) is 0 Å². The van der Waals surface area contributed by atoms with Gasteiger partial charge < -0.3 is 0 Å². The van der Waals surface area contributed by atoms with E-state index in [0.717, 1.165) is 22.5 Å². The Labute approximate surface area is 103 Å². The van der Waals surface area contributed by atoms with Crippen LogP contribution >= 0.6 is 23.4 Å². The number of hydrogen-bond acceptors (Lipinski definition) is 4. The summed E-state index contributed by atoms with van der Waals surface area (Å²) in [7, 11) is 0. The minimum absolute atomic E-state index is 0.757. The monoisotopic (exact) mass is 254 g/mol. The van der Waals surface area contributed by atoms with Gasteiger partial charge in [0.25, 0.3) is 0 Å². The van der Waals surface area contributed by atoms with E-state index in [4.69, 9.17) is 11.6 Å². The first-order chi connectivity index (χ1) is 7.79. The summed E-state index contributed by atoms with van der Waals surface area (Å²) in [5, 5.41) is 13.1. The van der Waals surface area contributed by atoms with Crippen LogP contribution in [-0.2, 0) is 12.3 Å². The molecule has 0 bridgehead atoms. The Hall–Kier alpha value is -1.07. The van der Waals surface area contributed by atoms with Crippen LogP contribution in [0.5, 0.6) is 0 Å². The van der Waals surface area contributed by atoms with Gasteiger partial charge in [0.15, 0.2) is 0 Å². The summed E-state index contributed by atoms with van der Waals surface area (Å²) in [6.45, 7) is 2.80. The molecule has 0 aliphatic rings. The van der Waals surface area contributed by atoms with Gasteiger partial charge in [-0.3, -0.25) is 0 Å². The van der Waals surface area contributed by atoms with Gasteiger partial charge in [0.2, 0.25) is 5.16 Å². The molecule has 0 radical (unpaired) electrons. The molecule has 84 valence electrons. The highest BCUT2D eigenvalue weighted by Crippen LogP contribution is 2.20. The molecule has 0 amide bonds. The van der Waals surface area contributed by atoms with Gasteiger partial charge in [-0.1, -0.05) is 35.5 Å². The summed E-state index contributed by atoms with van der Waals surface area (Å²) in [5.41, 5.74) is 1.21. The average molecular weight is 255 g/mol. The fourth-order valence-electron chi connectivity index (χ4n) is 1.23. The maximum Gasteiger partial charge on any atom is 0.209 e. The van der Waals surface area contributed by atoms with E-state index in [2.05, 4.69) is 15.5 Å². The highest BCUT2D eigenvalue weighted by atomic mass is 35.5. The molecular weight excluding hydrogens is 244 g/mol. The molecule has 16 heavy (non-hydrogen) atoms. The number of aromatic nitrogens is 4. The smallest absolute Gasteiger partial charge is 0.209 e. The fourth-order valence-corrected chi connectivity index (χ4v) is 2.25. The maximum absolute atomic E-state index is 5.82. The Balaban J connectivity index is 1.99. The maximum atomic E-state index is 5.82. The Bertz CT molecular complexity index is 454. The number of benzene rings is 1. The van der Waals surface area contributed by atoms with Gasteiger partial charge in [0, 0.05) is 17.3 Å². The zero-order chi connectivity index (χ0) is 11.4. The molecule has 4 nitrogen and oxygen atoms in total. The summed E-state index contributed by atoms with van der Waals surface area (Å²) in [6, 6.07) is 7.80. The Morgan fingerprint density at radius 3 is 2.75 bits per heavy atom. The van der Waals surface area contributed by atoms with Crippen molar-refractivity contribution < 1.29 is 0 Å². The number of halogens is 1. The normalized spacial score (nSPS) is 10.6.